The van der Waals surface area contributed by atoms with Crippen LogP contribution in [-0.4, -0.2) is 28.3 Å². The van der Waals surface area contributed by atoms with Gasteiger partial charge in [-0.05, 0) is 17.7 Å². The predicted octanol–water partition coefficient (Wildman–Crippen LogP) is 1.30. The maximum atomic E-state index is 11.5. The van der Waals surface area contributed by atoms with E-state index >= 15 is 0 Å². The number of benzene rings is 1. The number of hydrogen-bond donors (Lipinski definition) is 0. The van der Waals surface area contributed by atoms with E-state index in [-0.39, 0.29) is 11.5 Å². The third kappa shape index (κ3) is 3.59. The minimum Gasteiger partial charge on any atom is -0.378 e. The molecule has 4 heteroatoms. The van der Waals surface area contributed by atoms with Crippen molar-refractivity contribution in [3.05, 3.63) is 29.8 Å². The molecule has 0 aliphatic carbocycles. The van der Waals surface area contributed by atoms with Gasteiger partial charge in [0.05, 0.1) is 5.75 Å². The third-order valence-electron chi connectivity index (χ3n) is 2.14. The molecular formula is C12H15NO2S. The van der Waals surface area contributed by atoms with Crippen molar-refractivity contribution in [3.8, 4) is 12.3 Å². The van der Waals surface area contributed by atoms with E-state index in [1.807, 2.05) is 43.3 Å². The van der Waals surface area contributed by atoms with E-state index in [9.17, 15) is 8.42 Å². The first-order valence-corrected chi connectivity index (χ1v) is 6.67. The molecule has 0 heterocycles. The van der Waals surface area contributed by atoms with Crippen molar-refractivity contribution in [2.45, 2.75) is 5.75 Å². The van der Waals surface area contributed by atoms with E-state index in [2.05, 4.69) is 5.92 Å². The molecule has 16 heavy (non-hydrogen) atoms. The smallest absolute Gasteiger partial charge is 0.165 e. The second kappa shape index (κ2) is 5.04. The van der Waals surface area contributed by atoms with Gasteiger partial charge in [-0.25, -0.2) is 8.42 Å². The fourth-order valence-corrected chi connectivity index (χ4v) is 2.38. The Hall–Kier alpha value is -1.47. The second-order valence-electron chi connectivity index (χ2n) is 3.80. The van der Waals surface area contributed by atoms with Crippen LogP contribution in [0.5, 0.6) is 0 Å². The molecular weight excluding hydrogens is 222 g/mol. The average Bonchev–Trinajstić information content (AvgIpc) is 2.17. The van der Waals surface area contributed by atoms with E-state index in [1.54, 1.807) is 0 Å². The van der Waals surface area contributed by atoms with Gasteiger partial charge >= 0.3 is 0 Å². The van der Waals surface area contributed by atoms with Gasteiger partial charge in [-0.1, -0.05) is 18.1 Å². The topological polar surface area (TPSA) is 37.4 Å². The number of rotatable bonds is 4. The van der Waals surface area contributed by atoms with Gasteiger partial charge in [-0.3, -0.25) is 0 Å². The molecule has 0 unspecified atom stereocenters. The van der Waals surface area contributed by atoms with Gasteiger partial charge in [-0.2, -0.15) is 0 Å². The summed E-state index contributed by atoms with van der Waals surface area (Å²) in [5, 5.41) is 0. The lowest BCUT2D eigenvalue weighted by Crippen LogP contribution is -2.10. The van der Waals surface area contributed by atoms with Crippen LogP contribution < -0.4 is 4.90 Å². The summed E-state index contributed by atoms with van der Waals surface area (Å²) in [6.45, 7) is 0. The first kappa shape index (κ1) is 12.6. The SMILES string of the molecule is C#CCS(=O)(=O)Cc1ccc(N(C)C)cc1. The zero-order chi connectivity index (χ0) is 12.2. The first-order valence-electron chi connectivity index (χ1n) is 4.85. The highest BCUT2D eigenvalue weighted by Crippen LogP contribution is 2.14. The summed E-state index contributed by atoms with van der Waals surface area (Å²) in [5.74, 6) is 1.96. The molecule has 0 radical (unpaired) electrons. The van der Waals surface area contributed by atoms with E-state index in [1.165, 1.54) is 0 Å². The normalized spacial score (nSPS) is 10.8. The van der Waals surface area contributed by atoms with Gasteiger partial charge in [0.15, 0.2) is 9.84 Å². The molecule has 0 bridgehead atoms. The highest BCUT2D eigenvalue weighted by Gasteiger charge is 2.10. The lowest BCUT2D eigenvalue weighted by molar-refractivity contribution is 0.598. The van der Waals surface area contributed by atoms with Crippen LogP contribution in [0.25, 0.3) is 0 Å². The van der Waals surface area contributed by atoms with E-state index < -0.39 is 9.84 Å². The number of nitrogens with zero attached hydrogens (tertiary/aromatic N) is 1. The summed E-state index contributed by atoms with van der Waals surface area (Å²) >= 11 is 0. The molecule has 0 saturated heterocycles. The molecule has 1 rings (SSSR count). The molecule has 0 aromatic heterocycles. The van der Waals surface area contributed by atoms with Crippen LogP contribution in [0.15, 0.2) is 24.3 Å². The molecule has 1 aromatic carbocycles. The lowest BCUT2D eigenvalue weighted by atomic mass is 10.2. The molecule has 0 N–H and O–H groups in total. The molecule has 0 aliphatic rings. The van der Waals surface area contributed by atoms with Crippen molar-refractivity contribution < 1.29 is 8.42 Å². The molecule has 0 aliphatic heterocycles. The zero-order valence-corrected chi connectivity index (χ0v) is 10.3. The van der Waals surface area contributed by atoms with Crippen LogP contribution in [0.2, 0.25) is 0 Å². The van der Waals surface area contributed by atoms with Crippen LogP contribution in [0, 0.1) is 12.3 Å². The quantitative estimate of drug-likeness (QED) is 0.741. The number of terminal acetylenes is 1. The fraction of sp³-hybridized carbons (Fsp3) is 0.333. The highest BCUT2D eigenvalue weighted by molar-refractivity contribution is 7.90. The van der Waals surface area contributed by atoms with Gasteiger partial charge in [0.2, 0.25) is 0 Å². The zero-order valence-electron chi connectivity index (χ0n) is 9.47. The molecule has 0 spiro atoms. The summed E-state index contributed by atoms with van der Waals surface area (Å²) in [5.41, 5.74) is 1.80. The van der Waals surface area contributed by atoms with Crippen LogP contribution in [-0.2, 0) is 15.6 Å². The Balaban J connectivity index is 2.81. The molecule has 1 aromatic rings. The molecule has 3 nitrogen and oxygen atoms in total. The summed E-state index contributed by atoms with van der Waals surface area (Å²) in [7, 11) is 0.702. The van der Waals surface area contributed by atoms with Crippen LogP contribution >= 0.6 is 0 Å². The van der Waals surface area contributed by atoms with Gasteiger partial charge in [0, 0.05) is 19.8 Å². The summed E-state index contributed by atoms with van der Waals surface area (Å²) in [6, 6.07) is 7.40. The van der Waals surface area contributed by atoms with Crippen molar-refractivity contribution in [1.29, 1.82) is 0 Å². The number of sulfone groups is 1. The van der Waals surface area contributed by atoms with Crippen molar-refractivity contribution in [2.75, 3.05) is 24.7 Å². The molecule has 0 atom stereocenters. The van der Waals surface area contributed by atoms with Gasteiger partial charge in [-0.15, -0.1) is 6.42 Å². The maximum absolute atomic E-state index is 11.5. The van der Waals surface area contributed by atoms with Gasteiger partial charge < -0.3 is 4.90 Å². The Morgan fingerprint density at radius 2 is 1.81 bits per heavy atom. The Labute approximate surface area is 97.0 Å². The minimum atomic E-state index is -3.17. The van der Waals surface area contributed by atoms with Crippen molar-refractivity contribution in [3.63, 3.8) is 0 Å². The molecule has 86 valence electrons. The van der Waals surface area contributed by atoms with Gasteiger partial charge in [0.25, 0.3) is 0 Å². The Bertz CT molecular complexity index is 481. The standard InChI is InChI=1S/C12H15NO2S/c1-4-9-16(14,15)10-11-5-7-12(8-6-11)13(2)3/h1,5-8H,9-10H2,2-3H3. The highest BCUT2D eigenvalue weighted by atomic mass is 32.2. The molecule has 0 fully saturated rings. The van der Waals surface area contributed by atoms with Crippen molar-refractivity contribution in [2.24, 2.45) is 0 Å². The third-order valence-corrected chi connectivity index (χ3v) is 3.52. The van der Waals surface area contributed by atoms with Crippen LogP contribution in [0.4, 0.5) is 5.69 Å². The summed E-state index contributed by atoms with van der Waals surface area (Å²) in [4.78, 5) is 1.96. The lowest BCUT2D eigenvalue weighted by Gasteiger charge is -2.12. The Kier molecular flexibility index (Phi) is 3.97. The van der Waals surface area contributed by atoms with E-state index in [4.69, 9.17) is 6.42 Å². The van der Waals surface area contributed by atoms with Gasteiger partial charge in [0.1, 0.15) is 5.75 Å². The first-order chi connectivity index (χ1) is 7.44. The van der Waals surface area contributed by atoms with Crippen molar-refractivity contribution >= 4 is 15.5 Å². The largest absolute Gasteiger partial charge is 0.378 e. The monoisotopic (exact) mass is 237 g/mol. The molecule has 0 amide bonds. The number of hydrogen-bond acceptors (Lipinski definition) is 3. The maximum Gasteiger partial charge on any atom is 0.165 e. The second-order valence-corrected chi connectivity index (χ2v) is 5.86. The van der Waals surface area contributed by atoms with E-state index in [0.29, 0.717) is 0 Å². The van der Waals surface area contributed by atoms with Crippen LogP contribution in [0.1, 0.15) is 5.56 Å². The van der Waals surface area contributed by atoms with Crippen molar-refractivity contribution in [1.82, 2.24) is 0 Å². The molecule has 0 saturated carbocycles. The van der Waals surface area contributed by atoms with Crippen LogP contribution in [0.3, 0.4) is 0 Å². The minimum absolute atomic E-state index is 0.00487. The Morgan fingerprint density at radius 3 is 2.25 bits per heavy atom. The summed E-state index contributed by atoms with van der Waals surface area (Å²) < 4.78 is 22.9. The predicted molar refractivity (Wildman–Crippen MR) is 67.1 cm³/mol. The average molecular weight is 237 g/mol. The summed E-state index contributed by atoms with van der Waals surface area (Å²) in [6.07, 6.45) is 5.00. The van der Waals surface area contributed by atoms with E-state index in [0.717, 1.165) is 11.3 Å². The Morgan fingerprint density at radius 1 is 1.25 bits per heavy atom. The number of anilines is 1. The fourth-order valence-electron chi connectivity index (χ4n) is 1.32.